The van der Waals surface area contributed by atoms with Gasteiger partial charge in [-0.25, -0.2) is 0 Å². The van der Waals surface area contributed by atoms with Crippen LogP contribution in [0.5, 0.6) is 0 Å². The van der Waals surface area contributed by atoms with Crippen LogP contribution >= 0.6 is 0 Å². The second-order valence-corrected chi connectivity index (χ2v) is 9.21. The molecule has 3 aliphatic heterocycles. The Morgan fingerprint density at radius 1 is 0.656 bits per heavy atom. The van der Waals surface area contributed by atoms with Crippen molar-refractivity contribution in [2.24, 2.45) is 5.92 Å². The number of benzene rings is 1. The zero-order valence-electron chi connectivity index (χ0n) is 18.9. The predicted molar refractivity (Wildman–Crippen MR) is 128 cm³/mol. The van der Waals surface area contributed by atoms with Crippen LogP contribution < -0.4 is 14.7 Å². The van der Waals surface area contributed by atoms with Crippen molar-refractivity contribution >= 4 is 23.2 Å². The lowest BCUT2D eigenvalue weighted by atomic mass is 9.95. The number of nitrogens with zero attached hydrogens (tertiary/aromatic N) is 6. The van der Waals surface area contributed by atoms with Crippen molar-refractivity contribution in [3.63, 3.8) is 0 Å². The summed E-state index contributed by atoms with van der Waals surface area (Å²) >= 11 is 0. The van der Waals surface area contributed by atoms with Crippen molar-refractivity contribution < 1.29 is 4.79 Å². The number of rotatable bonds is 4. The van der Waals surface area contributed by atoms with Crippen LogP contribution in [0.1, 0.15) is 32.1 Å². The molecule has 3 fully saturated rings. The largest absolute Gasteiger partial charge is 0.368 e. The molecular formula is C25H34N6O. The van der Waals surface area contributed by atoms with Crippen LogP contribution in [0.25, 0.3) is 0 Å². The van der Waals surface area contributed by atoms with Gasteiger partial charge in [0.15, 0.2) is 11.6 Å². The van der Waals surface area contributed by atoms with Gasteiger partial charge >= 0.3 is 0 Å². The molecule has 0 unspecified atom stereocenters. The van der Waals surface area contributed by atoms with E-state index in [1.54, 1.807) is 0 Å². The fourth-order valence-electron chi connectivity index (χ4n) is 5.22. The van der Waals surface area contributed by atoms with Gasteiger partial charge in [-0.2, -0.15) is 0 Å². The van der Waals surface area contributed by atoms with Crippen molar-refractivity contribution in [3.8, 4) is 0 Å². The molecule has 7 nitrogen and oxygen atoms in total. The monoisotopic (exact) mass is 434 g/mol. The summed E-state index contributed by atoms with van der Waals surface area (Å²) in [6.45, 7) is 7.37. The van der Waals surface area contributed by atoms with Crippen LogP contribution in [0, 0.1) is 5.92 Å². The number of piperidine rings is 2. The van der Waals surface area contributed by atoms with Crippen LogP contribution in [0.2, 0.25) is 0 Å². The van der Waals surface area contributed by atoms with E-state index >= 15 is 0 Å². The van der Waals surface area contributed by atoms with Crippen molar-refractivity contribution in [2.45, 2.75) is 32.1 Å². The number of carbonyl (C=O) groups excluding carboxylic acids is 1. The third-order valence-corrected chi connectivity index (χ3v) is 7.20. The molecule has 32 heavy (non-hydrogen) atoms. The molecule has 1 amide bonds. The minimum atomic E-state index is 0.134. The highest BCUT2D eigenvalue weighted by Crippen LogP contribution is 2.26. The van der Waals surface area contributed by atoms with E-state index in [1.165, 1.54) is 24.9 Å². The number of piperazine rings is 1. The maximum Gasteiger partial charge on any atom is 0.225 e. The smallest absolute Gasteiger partial charge is 0.225 e. The van der Waals surface area contributed by atoms with Crippen LogP contribution in [0.15, 0.2) is 42.5 Å². The molecular weight excluding hydrogens is 400 g/mol. The molecule has 0 radical (unpaired) electrons. The molecule has 170 valence electrons. The van der Waals surface area contributed by atoms with E-state index in [9.17, 15) is 4.79 Å². The summed E-state index contributed by atoms with van der Waals surface area (Å²) < 4.78 is 0. The van der Waals surface area contributed by atoms with Gasteiger partial charge in [-0.1, -0.05) is 18.2 Å². The summed E-state index contributed by atoms with van der Waals surface area (Å²) in [6, 6.07) is 14.7. The molecule has 3 aliphatic rings. The molecule has 2 aromatic rings. The molecule has 0 saturated carbocycles. The van der Waals surface area contributed by atoms with Gasteiger partial charge < -0.3 is 19.6 Å². The number of amides is 1. The molecule has 0 aliphatic carbocycles. The molecule has 1 aromatic heterocycles. The summed E-state index contributed by atoms with van der Waals surface area (Å²) in [6.07, 6.45) is 5.59. The predicted octanol–water partition coefficient (Wildman–Crippen LogP) is 3.03. The second kappa shape index (κ2) is 9.76. The Kier molecular flexibility index (Phi) is 6.41. The SMILES string of the molecule is O=C(C1CCN(c2ccc(N3CCCCC3)nn2)CC1)N1CCN(c2ccccc2)CC1. The second-order valence-electron chi connectivity index (χ2n) is 9.21. The summed E-state index contributed by atoms with van der Waals surface area (Å²) in [5, 5.41) is 9.00. The van der Waals surface area contributed by atoms with E-state index in [-0.39, 0.29) is 5.92 Å². The van der Waals surface area contributed by atoms with Gasteiger partial charge in [0.05, 0.1) is 0 Å². The van der Waals surface area contributed by atoms with Gasteiger partial charge in [-0.3, -0.25) is 4.79 Å². The summed E-state index contributed by atoms with van der Waals surface area (Å²) in [5.41, 5.74) is 1.25. The third-order valence-electron chi connectivity index (χ3n) is 7.20. The van der Waals surface area contributed by atoms with E-state index in [2.05, 4.69) is 66.2 Å². The van der Waals surface area contributed by atoms with Crippen LogP contribution in [0.4, 0.5) is 17.3 Å². The molecule has 4 heterocycles. The van der Waals surface area contributed by atoms with Crippen molar-refractivity contribution in [3.05, 3.63) is 42.5 Å². The third kappa shape index (κ3) is 4.66. The maximum atomic E-state index is 13.1. The molecule has 5 rings (SSSR count). The topological polar surface area (TPSA) is 55.8 Å². The summed E-state index contributed by atoms with van der Waals surface area (Å²) in [5.74, 6) is 2.40. The molecule has 3 saturated heterocycles. The van der Waals surface area contributed by atoms with Gasteiger partial charge in [0, 0.05) is 64.0 Å². The van der Waals surface area contributed by atoms with Gasteiger partial charge in [0.1, 0.15) is 0 Å². The minimum absolute atomic E-state index is 0.134. The summed E-state index contributed by atoms with van der Waals surface area (Å²) in [4.78, 5) is 22.2. The van der Waals surface area contributed by atoms with Crippen LogP contribution in [-0.4, -0.2) is 73.4 Å². The number of aromatic nitrogens is 2. The van der Waals surface area contributed by atoms with Crippen LogP contribution in [-0.2, 0) is 4.79 Å². The number of hydrogen-bond donors (Lipinski definition) is 0. The molecule has 0 bridgehead atoms. The maximum absolute atomic E-state index is 13.1. The van der Waals surface area contributed by atoms with E-state index in [0.717, 1.165) is 76.8 Å². The molecule has 0 spiro atoms. The fraction of sp³-hybridized carbons (Fsp3) is 0.560. The van der Waals surface area contributed by atoms with Gasteiger partial charge in [-0.15, -0.1) is 10.2 Å². The van der Waals surface area contributed by atoms with E-state index in [0.29, 0.717) is 5.91 Å². The quantitative estimate of drug-likeness (QED) is 0.737. The number of hydrogen-bond acceptors (Lipinski definition) is 6. The fourth-order valence-corrected chi connectivity index (χ4v) is 5.22. The zero-order chi connectivity index (χ0) is 21.8. The van der Waals surface area contributed by atoms with Crippen molar-refractivity contribution in [1.82, 2.24) is 15.1 Å². The Balaban J connectivity index is 1.10. The molecule has 1 aromatic carbocycles. The van der Waals surface area contributed by atoms with Crippen LogP contribution in [0.3, 0.4) is 0 Å². The number of para-hydroxylation sites is 1. The Labute approximate surface area is 191 Å². The van der Waals surface area contributed by atoms with Crippen molar-refractivity contribution in [1.29, 1.82) is 0 Å². The van der Waals surface area contributed by atoms with E-state index in [1.807, 2.05) is 6.07 Å². The normalized spacial score (nSPS) is 20.5. The minimum Gasteiger partial charge on any atom is -0.368 e. The Hall–Kier alpha value is -2.83. The first kappa shape index (κ1) is 21.0. The first-order valence-electron chi connectivity index (χ1n) is 12.2. The standard InChI is InChI=1S/C25H34N6O/c32-25(31-19-17-28(18-20-31)22-7-3-1-4-8-22)21-11-15-30(16-12-21)24-10-9-23(26-27-24)29-13-5-2-6-14-29/h1,3-4,7-10,21H,2,5-6,11-20H2. The Morgan fingerprint density at radius 3 is 1.84 bits per heavy atom. The molecule has 0 N–H and O–H groups in total. The molecule has 7 heteroatoms. The average Bonchev–Trinajstić information content (AvgIpc) is 2.90. The first-order chi connectivity index (χ1) is 15.8. The Bertz CT molecular complexity index is 867. The lowest BCUT2D eigenvalue weighted by molar-refractivity contribution is -0.136. The highest BCUT2D eigenvalue weighted by molar-refractivity contribution is 5.79. The average molecular weight is 435 g/mol. The molecule has 0 atom stereocenters. The van der Waals surface area contributed by atoms with E-state index < -0.39 is 0 Å². The highest BCUT2D eigenvalue weighted by atomic mass is 16.2. The number of anilines is 3. The van der Waals surface area contributed by atoms with Gasteiger partial charge in [0.2, 0.25) is 5.91 Å². The summed E-state index contributed by atoms with van der Waals surface area (Å²) in [7, 11) is 0. The lowest BCUT2D eigenvalue weighted by Gasteiger charge is -2.39. The first-order valence-corrected chi connectivity index (χ1v) is 12.2. The van der Waals surface area contributed by atoms with Gasteiger partial charge in [-0.05, 0) is 56.4 Å². The Morgan fingerprint density at radius 2 is 1.25 bits per heavy atom. The van der Waals surface area contributed by atoms with Gasteiger partial charge in [0.25, 0.3) is 0 Å². The van der Waals surface area contributed by atoms with E-state index in [4.69, 9.17) is 0 Å². The van der Waals surface area contributed by atoms with Crippen molar-refractivity contribution in [2.75, 3.05) is 67.1 Å². The zero-order valence-corrected chi connectivity index (χ0v) is 18.9. The highest BCUT2D eigenvalue weighted by Gasteiger charge is 2.31. The number of carbonyl (C=O) groups is 1. The lowest BCUT2D eigenvalue weighted by Crippen LogP contribution is -2.51.